The molecular weight excluding hydrogens is 260 g/mol. The van der Waals surface area contributed by atoms with Gasteiger partial charge in [-0.25, -0.2) is 4.98 Å². The number of carbonyl (C=O) groups excluding carboxylic acids is 1. The van der Waals surface area contributed by atoms with E-state index in [-0.39, 0.29) is 11.8 Å². The zero-order valence-corrected chi connectivity index (χ0v) is 11.7. The van der Waals surface area contributed by atoms with Crippen molar-refractivity contribution in [3.63, 3.8) is 0 Å². The van der Waals surface area contributed by atoms with E-state index >= 15 is 0 Å². The Balaban J connectivity index is 2.21. The number of hydrogen-bond acceptors (Lipinski definition) is 4. The Morgan fingerprint density at radius 1 is 1.37 bits per heavy atom. The van der Waals surface area contributed by atoms with E-state index in [1.54, 1.807) is 0 Å². The molecule has 1 aromatic rings. The second-order valence-electron chi connectivity index (χ2n) is 4.85. The minimum atomic E-state index is -0.216. The van der Waals surface area contributed by atoms with Crippen LogP contribution in [0.4, 0.5) is 5.82 Å². The smallest absolute Gasteiger partial charge is 0.220 e. The van der Waals surface area contributed by atoms with E-state index in [4.69, 9.17) is 23.7 Å². The summed E-state index contributed by atoms with van der Waals surface area (Å²) in [4.78, 5) is 18.2. The average molecular weight is 278 g/mol. The molecule has 2 rings (SSSR count). The lowest BCUT2D eigenvalue weighted by molar-refractivity contribution is -0.122. The summed E-state index contributed by atoms with van der Waals surface area (Å²) in [7, 11) is 0. The third-order valence-electron chi connectivity index (χ3n) is 3.48. The first kappa shape index (κ1) is 13.7. The number of aryl methyl sites for hydroxylation is 1. The first-order chi connectivity index (χ1) is 8.99. The van der Waals surface area contributed by atoms with Crippen LogP contribution >= 0.6 is 12.2 Å². The van der Waals surface area contributed by atoms with Crippen molar-refractivity contribution < 1.29 is 4.79 Å². The highest BCUT2D eigenvalue weighted by Crippen LogP contribution is 2.25. The SMILES string of the molecule is Cc1ccc(C(N)=S)c(N2CCC(C(N)=O)CC2)n1. The third-order valence-corrected chi connectivity index (χ3v) is 3.70. The van der Waals surface area contributed by atoms with Crippen LogP contribution in [0.2, 0.25) is 0 Å². The molecule has 0 spiro atoms. The number of anilines is 1. The van der Waals surface area contributed by atoms with Crippen LogP contribution in [-0.2, 0) is 4.79 Å². The maximum Gasteiger partial charge on any atom is 0.220 e. The van der Waals surface area contributed by atoms with Crippen molar-refractivity contribution in [2.45, 2.75) is 19.8 Å². The summed E-state index contributed by atoms with van der Waals surface area (Å²) in [6.07, 6.45) is 1.50. The Labute approximate surface area is 118 Å². The summed E-state index contributed by atoms with van der Waals surface area (Å²) >= 11 is 5.06. The minimum absolute atomic E-state index is 0.0330. The average Bonchev–Trinajstić information content (AvgIpc) is 2.38. The Morgan fingerprint density at radius 3 is 2.53 bits per heavy atom. The molecule has 0 bridgehead atoms. The Hall–Kier alpha value is -1.69. The van der Waals surface area contributed by atoms with Crippen LogP contribution in [0.1, 0.15) is 24.1 Å². The highest BCUT2D eigenvalue weighted by atomic mass is 32.1. The number of carbonyl (C=O) groups is 1. The van der Waals surface area contributed by atoms with Gasteiger partial charge >= 0.3 is 0 Å². The van der Waals surface area contributed by atoms with Crippen LogP contribution in [0.3, 0.4) is 0 Å². The van der Waals surface area contributed by atoms with Gasteiger partial charge in [0.05, 0.1) is 5.56 Å². The molecule has 2 heterocycles. The zero-order valence-electron chi connectivity index (χ0n) is 10.9. The van der Waals surface area contributed by atoms with E-state index in [0.717, 1.165) is 43.0 Å². The van der Waals surface area contributed by atoms with Crippen LogP contribution < -0.4 is 16.4 Å². The largest absolute Gasteiger partial charge is 0.389 e. The van der Waals surface area contributed by atoms with Crippen LogP contribution in [0.15, 0.2) is 12.1 Å². The summed E-state index contributed by atoms with van der Waals surface area (Å²) in [5, 5.41) is 0. The molecule has 0 aromatic carbocycles. The summed E-state index contributed by atoms with van der Waals surface area (Å²) in [6.45, 7) is 3.43. The molecule has 0 radical (unpaired) electrons. The molecule has 1 saturated heterocycles. The summed E-state index contributed by atoms with van der Waals surface area (Å²) < 4.78 is 0. The number of piperidine rings is 1. The lowest BCUT2D eigenvalue weighted by atomic mass is 9.96. The van der Waals surface area contributed by atoms with Gasteiger partial charge in [-0.1, -0.05) is 12.2 Å². The van der Waals surface area contributed by atoms with Gasteiger partial charge in [0, 0.05) is 24.7 Å². The molecule has 0 saturated carbocycles. The third kappa shape index (κ3) is 3.01. The second kappa shape index (κ2) is 5.52. The van der Waals surface area contributed by atoms with Gasteiger partial charge in [-0.15, -0.1) is 0 Å². The van der Waals surface area contributed by atoms with E-state index in [0.29, 0.717) is 4.99 Å². The van der Waals surface area contributed by atoms with E-state index in [9.17, 15) is 4.79 Å². The fraction of sp³-hybridized carbons (Fsp3) is 0.462. The number of thiocarbonyl (C=S) groups is 1. The van der Waals surface area contributed by atoms with Crippen LogP contribution in [-0.4, -0.2) is 29.0 Å². The molecule has 6 heteroatoms. The predicted molar refractivity (Wildman–Crippen MR) is 79.0 cm³/mol. The Kier molecular flexibility index (Phi) is 3.99. The van der Waals surface area contributed by atoms with Crippen LogP contribution in [0.25, 0.3) is 0 Å². The van der Waals surface area contributed by atoms with E-state index in [2.05, 4.69) is 9.88 Å². The van der Waals surface area contributed by atoms with Crippen LogP contribution in [0.5, 0.6) is 0 Å². The van der Waals surface area contributed by atoms with Gasteiger partial charge in [0.25, 0.3) is 0 Å². The Morgan fingerprint density at radius 2 is 2.00 bits per heavy atom. The maximum absolute atomic E-state index is 11.2. The monoisotopic (exact) mass is 278 g/mol. The summed E-state index contributed by atoms with van der Waals surface area (Å²) in [6, 6.07) is 3.80. The molecule has 19 heavy (non-hydrogen) atoms. The van der Waals surface area contributed by atoms with E-state index < -0.39 is 0 Å². The van der Waals surface area contributed by atoms with Crippen molar-refractivity contribution >= 4 is 28.9 Å². The van der Waals surface area contributed by atoms with Crippen molar-refractivity contribution in [1.29, 1.82) is 0 Å². The highest BCUT2D eigenvalue weighted by molar-refractivity contribution is 7.80. The predicted octanol–water partition coefficient (Wildman–Crippen LogP) is 0.726. The molecule has 1 aliphatic heterocycles. The number of pyridine rings is 1. The lowest BCUT2D eigenvalue weighted by Crippen LogP contribution is -2.39. The molecule has 0 atom stereocenters. The van der Waals surface area contributed by atoms with Gasteiger partial charge in [0.2, 0.25) is 5.91 Å². The van der Waals surface area contributed by atoms with E-state index in [1.165, 1.54) is 0 Å². The molecular formula is C13H18N4OS. The summed E-state index contributed by atoms with van der Waals surface area (Å²) in [5.74, 6) is 0.566. The molecule has 0 unspecified atom stereocenters. The van der Waals surface area contributed by atoms with Crippen molar-refractivity contribution in [3.8, 4) is 0 Å². The van der Waals surface area contributed by atoms with Gasteiger partial charge < -0.3 is 16.4 Å². The fourth-order valence-corrected chi connectivity index (χ4v) is 2.51. The molecule has 102 valence electrons. The topological polar surface area (TPSA) is 85.2 Å². The summed E-state index contributed by atoms with van der Waals surface area (Å²) in [5.41, 5.74) is 12.8. The Bertz CT molecular complexity index is 509. The quantitative estimate of drug-likeness (QED) is 0.796. The van der Waals surface area contributed by atoms with Gasteiger partial charge in [-0.05, 0) is 31.9 Å². The lowest BCUT2D eigenvalue weighted by Gasteiger charge is -2.32. The second-order valence-corrected chi connectivity index (χ2v) is 5.29. The normalized spacial score (nSPS) is 16.4. The number of rotatable bonds is 3. The van der Waals surface area contributed by atoms with Gasteiger partial charge in [0.1, 0.15) is 10.8 Å². The maximum atomic E-state index is 11.2. The molecule has 0 aliphatic carbocycles. The van der Waals surface area contributed by atoms with Crippen molar-refractivity contribution in [1.82, 2.24) is 4.98 Å². The molecule has 1 fully saturated rings. The van der Waals surface area contributed by atoms with Crippen LogP contribution in [0, 0.1) is 12.8 Å². The number of aromatic nitrogens is 1. The molecule has 1 aliphatic rings. The number of primary amides is 1. The van der Waals surface area contributed by atoms with Gasteiger partial charge in [-0.3, -0.25) is 4.79 Å². The van der Waals surface area contributed by atoms with Crippen molar-refractivity contribution in [3.05, 3.63) is 23.4 Å². The number of nitrogens with zero attached hydrogens (tertiary/aromatic N) is 2. The standard InChI is InChI=1S/C13H18N4OS/c1-8-2-3-10(12(15)19)13(16-8)17-6-4-9(5-7-17)11(14)18/h2-3,9H,4-7H2,1H3,(H2,14,18)(H2,15,19). The van der Waals surface area contributed by atoms with Crippen molar-refractivity contribution in [2.75, 3.05) is 18.0 Å². The number of nitrogens with two attached hydrogens (primary N) is 2. The highest BCUT2D eigenvalue weighted by Gasteiger charge is 2.25. The zero-order chi connectivity index (χ0) is 14.0. The fourth-order valence-electron chi connectivity index (χ4n) is 2.35. The molecule has 5 nitrogen and oxygen atoms in total. The van der Waals surface area contributed by atoms with Gasteiger partial charge in [-0.2, -0.15) is 0 Å². The first-order valence-electron chi connectivity index (χ1n) is 6.30. The number of hydrogen-bond donors (Lipinski definition) is 2. The van der Waals surface area contributed by atoms with E-state index in [1.807, 2.05) is 19.1 Å². The van der Waals surface area contributed by atoms with Crippen molar-refractivity contribution in [2.24, 2.45) is 17.4 Å². The van der Waals surface area contributed by atoms with Gasteiger partial charge in [0.15, 0.2) is 0 Å². The molecule has 4 N–H and O–H groups in total. The number of amides is 1. The molecule has 1 aromatic heterocycles. The molecule has 1 amide bonds. The minimum Gasteiger partial charge on any atom is -0.389 e. The first-order valence-corrected chi connectivity index (χ1v) is 6.71.